The van der Waals surface area contributed by atoms with Crippen molar-refractivity contribution in [3.05, 3.63) is 18.2 Å². The predicted octanol–water partition coefficient (Wildman–Crippen LogP) is 2.22. The zero-order valence-corrected chi connectivity index (χ0v) is 11.6. The molecular formula is C14H18N2O3. The van der Waals surface area contributed by atoms with Crippen molar-refractivity contribution >= 4 is 11.6 Å². The van der Waals surface area contributed by atoms with Gasteiger partial charge in [0.15, 0.2) is 11.5 Å². The largest absolute Gasteiger partial charge is 0.493 e. The first-order valence-corrected chi connectivity index (χ1v) is 5.98. The summed E-state index contributed by atoms with van der Waals surface area (Å²) in [6.45, 7) is 1.81. The van der Waals surface area contributed by atoms with Crippen LogP contribution in [0.4, 0.5) is 5.69 Å². The number of carbonyl (C=O) groups is 1. The molecule has 1 unspecified atom stereocenters. The molecule has 102 valence electrons. The molecule has 5 heteroatoms. The minimum atomic E-state index is -0.627. The van der Waals surface area contributed by atoms with Gasteiger partial charge in [0, 0.05) is 18.8 Å². The summed E-state index contributed by atoms with van der Waals surface area (Å²) in [5.41, 5.74) is 0.663. The Morgan fingerprint density at radius 2 is 2.00 bits per heavy atom. The molecule has 1 atom stereocenters. The Kier molecular flexibility index (Phi) is 5.19. The van der Waals surface area contributed by atoms with E-state index in [-0.39, 0.29) is 5.91 Å². The normalized spacial score (nSPS) is 11.3. The van der Waals surface area contributed by atoms with Crippen LogP contribution in [-0.4, -0.2) is 27.2 Å². The van der Waals surface area contributed by atoms with Gasteiger partial charge in [-0.25, -0.2) is 0 Å². The van der Waals surface area contributed by atoms with Crippen LogP contribution in [0.1, 0.15) is 13.3 Å². The van der Waals surface area contributed by atoms with Gasteiger partial charge in [0.05, 0.1) is 20.3 Å². The van der Waals surface area contributed by atoms with Crippen LogP contribution in [0.15, 0.2) is 18.2 Å². The Labute approximate surface area is 113 Å². The number of methoxy groups -OCH3 is 2. The number of hydrogen-bond donors (Lipinski definition) is 0. The third kappa shape index (κ3) is 3.16. The third-order valence-corrected chi connectivity index (χ3v) is 2.95. The summed E-state index contributed by atoms with van der Waals surface area (Å²) in [6, 6.07) is 7.20. The lowest BCUT2D eigenvalue weighted by molar-refractivity contribution is -0.120. The molecule has 0 aromatic heterocycles. The van der Waals surface area contributed by atoms with E-state index in [2.05, 4.69) is 0 Å². The van der Waals surface area contributed by atoms with Crippen molar-refractivity contribution in [1.29, 1.82) is 5.26 Å². The Morgan fingerprint density at radius 1 is 1.37 bits per heavy atom. The van der Waals surface area contributed by atoms with Gasteiger partial charge in [0.2, 0.25) is 5.91 Å². The molecule has 0 saturated carbocycles. The maximum absolute atomic E-state index is 12.1. The van der Waals surface area contributed by atoms with Gasteiger partial charge >= 0.3 is 0 Å². The van der Waals surface area contributed by atoms with Crippen molar-refractivity contribution in [2.45, 2.75) is 13.3 Å². The molecule has 5 nitrogen and oxygen atoms in total. The highest BCUT2D eigenvalue weighted by Gasteiger charge is 2.21. The summed E-state index contributed by atoms with van der Waals surface area (Å²) in [7, 11) is 4.73. The van der Waals surface area contributed by atoms with Gasteiger partial charge in [-0.1, -0.05) is 6.92 Å². The van der Waals surface area contributed by atoms with E-state index in [0.717, 1.165) is 0 Å². The number of carbonyl (C=O) groups excluding carboxylic acids is 1. The molecule has 0 heterocycles. The molecule has 0 aliphatic rings. The van der Waals surface area contributed by atoms with Crippen LogP contribution < -0.4 is 14.4 Å². The Morgan fingerprint density at radius 3 is 2.47 bits per heavy atom. The highest BCUT2D eigenvalue weighted by Crippen LogP contribution is 2.31. The highest BCUT2D eigenvalue weighted by molar-refractivity contribution is 5.96. The van der Waals surface area contributed by atoms with Crippen LogP contribution >= 0.6 is 0 Å². The molecule has 0 aliphatic carbocycles. The number of ether oxygens (including phenoxy) is 2. The molecular weight excluding hydrogens is 244 g/mol. The SMILES string of the molecule is CCC(C#N)C(=O)N(C)c1ccc(OC)c(OC)c1. The summed E-state index contributed by atoms with van der Waals surface area (Å²) in [5.74, 6) is 0.291. The van der Waals surface area contributed by atoms with Crippen LogP contribution in [-0.2, 0) is 4.79 Å². The van der Waals surface area contributed by atoms with Crippen LogP contribution in [0.2, 0.25) is 0 Å². The van der Waals surface area contributed by atoms with Crippen molar-refractivity contribution in [1.82, 2.24) is 0 Å². The summed E-state index contributed by atoms with van der Waals surface area (Å²) in [5, 5.41) is 8.93. The van der Waals surface area contributed by atoms with Crippen LogP contribution in [0.3, 0.4) is 0 Å². The Bertz CT molecular complexity index is 494. The minimum Gasteiger partial charge on any atom is -0.493 e. The molecule has 0 bridgehead atoms. The van der Waals surface area contributed by atoms with E-state index in [9.17, 15) is 4.79 Å². The fourth-order valence-corrected chi connectivity index (χ4v) is 1.72. The van der Waals surface area contributed by atoms with Gasteiger partial charge in [-0.05, 0) is 18.6 Å². The predicted molar refractivity (Wildman–Crippen MR) is 72.4 cm³/mol. The molecule has 1 amide bonds. The van der Waals surface area contributed by atoms with Crippen LogP contribution in [0, 0.1) is 17.2 Å². The molecule has 0 N–H and O–H groups in total. The lowest BCUT2D eigenvalue weighted by Gasteiger charge is -2.20. The zero-order chi connectivity index (χ0) is 14.4. The van der Waals surface area contributed by atoms with Crippen molar-refractivity contribution in [2.24, 2.45) is 5.92 Å². The first-order valence-electron chi connectivity index (χ1n) is 5.98. The van der Waals surface area contributed by atoms with E-state index in [4.69, 9.17) is 14.7 Å². The smallest absolute Gasteiger partial charge is 0.244 e. The zero-order valence-electron chi connectivity index (χ0n) is 11.6. The van der Waals surface area contributed by atoms with Crippen LogP contribution in [0.25, 0.3) is 0 Å². The third-order valence-electron chi connectivity index (χ3n) is 2.95. The average molecular weight is 262 g/mol. The molecule has 1 aromatic carbocycles. The van der Waals surface area contributed by atoms with Crippen molar-refractivity contribution < 1.29 is 14.3 Å². The summed E-state index contributed by atoms with van der Waals surface area (Å²) in [4.78, 5) is 13.5. The summed E-state index contributed by atoms with van der Waals surface area (Å²) in [6.07, 6.45) is 0.493. The van der Waals surface area contributed by atoms with E-state index in [1.165, 1.54) is 12.0 Å². The lowest BCUT2D eigenvalue weighted by Crippen LogP contribution is -2.31. The van der Waals surface area contributed by atoms with Crippen molar-refractivity contribution in [2.75, 3.05) is 26.2 Å². The van der Waals surface area contributed by atoms with Gasteiger partial charge in [0.1, 0.15) is 5.92 Å². The number of hydrogen-bond acceptors (Lipinski definition) is 4. The molecule has 19 heavy (non-hydrogen) atoms. The van der Waals surface area contributed by atoms with Crippen LogP contribution in [0.5, 0.6) is 11.5 Å². The first kappa shape index (κ1) is 14.8. The van der Waals surface area contributed by atoms with Crippen molar-refractivity contribution in [3.63, 3.8) is 0 Å². The summed E-state index contributed by atoms with van der Waals surface area (Å²) >= 11 is 0. The van der Waals surface area contributed by atoms with E-state index >= 15 is 0 Å². The fourth-order valence-electron chi connectivity index (χ4n) is 1.72. The quantitative estimate of drug-likeness (QED) is 0.816. The van der Waals surface area contributed by atoms with Gasteiger partial charge < -0.3 is 14.4 Å². The van der Waals surface area contributed by atoms with Gasteiger partial charge in [-0.3, -0.25) is 4.79 Å². The molecule has 0 fully saturated rings. The number of anilines is 1. The Hall–Kier alpha value is -2.22. The molecule has 0 spiro atoms. The number of benzene rings is 1. The monoisotopic (exact) mass is 262 g/mol. The standard InChI is InChI=1S/C14H18N2O3/c1-5-10(9-15)14(17)16(2)11-6-7-12(18-3)13(8-11)19-4/h6-8,10H,5H2,1-4H3. The molecule has 0 radical (unpaired) electrons. The average Bonchev–Trinajstić information content (AvgIpc) is 2.46. The first-order chi connectivity index (χ1) is 9.08. The minimum absolute atomic E-state index is 0.225. The fraction of sp³-hybridized carbons (Fsp3) is 0.429. The Balaban J connectivity index is 3.03. The van der Waals surface area contributed by atoms with Gasteiger partial charge in [-0.15, -0.1) is 0 Å². The maximum Gasteiger partial charge on any atom is 0.244 e. The van der Waals surface area contributed by atoms with Crippen molar-refractivity contribution in [3.8, 4) is 17.6 Å². The molecule has 1 aromatic rings. The van der Waals surface area contributed by atoms with Gasteiger partial charge in [0.25, 0.3) is 0 Å². The lowest BCUT2D eigenvalue weighted by atomic mass is 10.1. The van der Waals surface area contributed by atoms with E-state index in [1.807, 2.05) is 13.0 Å². The van der Waals surface area contributed by atoms with E-state index in [0.29, 0.717) is 23.6 Å². The second-order valence-electron chi connectivity index (χ2n) is 4.03. The number of nitrogens with zero attached hydrogens (tertiary/aromatic N) is 2. The molecule has 0 aliphatic heterocycles. The summed E-state index contributed by atoms with van der Waals surface area (Å²) < 4.78 is 10.3. The highest BCUT2D eigenvalue weighted by atomic mass is 16.5. The maximum atomic E-state index is 12.1. The number of nitriles is 1. The van der Waals surface area contributed by atoms with E-state index in [1.54, 1.807) is 32.4 Å². The number of amides is 1. The second kappa shape index (κ2) is 6.64. The number of rotatable bonds is 5. The van der Waals surface area contributed by atoms with Gasteiger partial charge in [-0.2, -0.15) is 5.26 Å². The topological polar surface area (TPSA) is 62.6 Å². The second-order valence-corrected chi connectivity index (χ2v) is 4.03. The van der Waals surface area contributed by atoms with E-state index < -0.39 is 5.92 Å². The molecule has 0 saturated heterocycles. The molecule has 1 rings (SSSR count).